The fraction of sp³-hybridized carbons (Fsp3) is 0.308. The van der Waals surface area contributed by atoms with Crippen molar-refractivity contribution in [2.24, 2.45) is 5.92 Å². The van der Waals surface area contributed by atoms with E-state index in [1.54, 1.807) is 24.3 Å². The lowest BCUT2D eigenvalue weighted by Gasteiger charge is -2.28. The van der Waals surface area contributed by atoms with Gasteiger partial charge in [-0.3, -0.25) is 4.79 Å². The minimum atomic E-state index is -2.97. The molecule has 2 aromatic carbocycles. The van der Waals surface area contributed by atoms with E-state index in [2.05, 4.69) is 5.32 Å². The predicted molar refractivity (Wildman–Crippen MR) is 126 cm³/mol. The van der Waals surface area contributed by atoms with E-state index in [0.29, 0.717) is 22.4 Å². The van der Waals surface area contributed by atoms with E-state index in [0.717, 1.165) is 37.6 Å². The Hall–Kier alpha value is -3.10. The number of amides is 1. The highest BCUT2D eigenvalue weighted by atomic mass is 35.5. The standard InChI is InChI=1S/C26H24ClF3N2O3/c27-21-10-9-19(25(29)30)23(24(21)28)17-6-11-22(32(35)13-17)20(12-15-2-1-3-15)26(34)31-18-7-4-16(14-33)5-8-18/h4-11,13,15,20,25,33H,1-3,12,14H2,(H,31,34). The van der Waals surface area contributed by atoms with Crippen LogP contribution in [0.1, 0.15) is 54.8 Å². The molecule has 1 saturated carbocycles. The lowest BCUT2D eigenvalue weighted by molar-refractivity contribution is -0.614. The van der Waals surface area contributed by atoms with Crippen LogP contribution in [0.15, 0.2) is 54.7 Å². The molecule has 2 N–H and O–H groups in total. The first kappa shape index (κ1) is 25.0. The average Bonchev–Trinajstić information content (AvgIpc) is 2.81. The van der Waals surface area contributed by atoms with Crippen LogP contribution in [0.25, 0.3) is 11.1 Å². The highest BCUT2D eigenvalue weighted by Crippen LogP contribution is 2.38. The number of hydrogen-bond acceptors (Lipinski definition) is 3. The molecule has 1 unspecified atom stereocenters. The number of rotatable bonds is 8. The quantitative estimate of drug-likeness (QED) is 0.286. The maximum absolute atomic E-state index is 14.7. The van der Waals surface area contributed by atoms with Gasteiger partial charge in [0.15, 0.2) is 6.20 Å². The molecule has 0 bridgehead atoms. The molecule has 0 radical (unpaired) electrons. The van der Waals surface area contributed by atoms with Gasteiger partial charge in [-0.25, -0.2) is 13.2 Å². The molecule has 4 rings (SSSR count). The molecule has 0 saturated heterocycles. The van der Waals surface area contributed by atoms with Gasteiger partial charge < -0.3 is 15.6 Å². The second-order valence-electron chi connectivity index (χ2n) is 8.72. The van der Waals surface area contributed by atoms with Crippen molar-refractivity contribution in [1.29, 1.82) is 0 Å². The van der Waals surface area contributed by atoms with Gasteiger partial charge in [-0.2, -0.15) is 4.73 Å². The second-order valence-corrected chi connectivity index (χ2v) is 9.13. The van der Waals surface area contributed by atoms with E-state index in [1.165, 1.54) is 12.1 Å². The van der Waals surface area contributed by atoms with Crippen molar-refractivity contribution in [2.75, 3.05) is 5.32 Å². The lowest BCUT2D eigenvalue weighted by Crippen LogP contribution is -2.38. The topological polar surface area (TPSA) is 76.3 Å². The fourth-order valence-corrected chi connectivity index (χ4v) is 4.46. The number of hydrogen-bond donors (Lipinski definition) is 2. The molecule has 3 aromatic rings. The van der Waals surface area contributed by atoms with E-state index >= 15 is 0 Å². The molecule has 1 fully saturated rings. The van der Waals surface area contributed by atoms with Crippen LogP contribution in [0.3, 0.4) is 0 Å². The van der Waals surface area contributed by atoms with E-state index in [4.69, 9.17) is 11.6 Å². The SMILES string of the molecule is O=C(Nc1ccc(CO)cc1)C(CC1CCC1)c1ccc(-c2c(C(F)F)ccc(Cl)c2F)c[n+]1[O-]. The molecule has 1 heterocycles. The molecule has 35 heavy (non-hydrogen) atoms. The van der Waals surface area contributed by atoms with E-state index in [-0.39, 0.29) is 34.7 Å². The number of halogens is 4. The van der Waals surface area contributed by atoms with E-state index in [1.807, 2.05) is 0 Å². The Morgan fingerprint density at radius 1 is 1.14 bits per heavy atom. The van der Waals surface area contributed by atoms with Crippen molar-refractivity contribution in [3.63, 3.8) is 0 Å². The summed E-state index contributed by atoms with van der Waals surface area (Å²) >= 11 is 5.81. The maximum atomic E-state index is 14.7. The Balaban J connectivity index is 1.67. The van der Waals surface area contributed by atoms with Crippen molar-refractivity contribution >= 4 is 23.2 Å². The number of aliphatic hydroxyl groups is 1. The second kappa shape index (κ2) is 10.7. The molecule has 1 atom stereocenters. The molecule has 9 heteroatoms. The molecule has 1 aromatic heterocycles. The summed E-state index contributed by atoms with van der Waals surface area (Å²) in [5.41, 5.74) is 0.288. The zero-order valence-electron chi connectivity index (χ0n) is 18.7. The van der Waals surface area contributed by atoms with Crippen LogP contribution in [0.2, 0.25) is 5.02 Å². The van der Waals surface area contributed by atoms with Crippen LogP contribution in [-0.4, -0.2) is 11.0 Å². The van der Waals surface area contributed by atoms with Crippen molar-refractivity contribution in [1.82, 2.24) is 0 Å². The minimum Gasteiger partial charge on any atom is -0.618 e. The lowest BCUT2D eigenvalue weighted by atomic mass is 9.77. The van der Waals surface area contributed by atoms with Crippen LogP contribution in [-0.2, 0) is 11.4 Å². The molecule has 1 amide bonds. The number of pyridine rings is 1. The summed E-state index contributed by atoms with van der Waals surface area (Å²) in [4.78, 5) is 13.2. The third kappa shape index (κ3) is 5.44. The smallest absolute Gasteiger partial charge is 0.264 e. The zero-order chi connectivity index (χ0) is 25.1. The average molecular weight is 505 g/mol. The Kier molecular flexibility index (Phi) is 7.62. The van der Waals surface area contributed by atoms with Gasteiger partial charge in [-0.1, -0.05) is 49.1 Å². The molecule has 1 aliphatic rings. The normalized spacial score (nSPS) is 14.6. The number of carbonyl (C=O) groups is 1. The molecular formula is C26H24ClF3N2O3. The number of alkyl halides is 2. The van der Waals surface area contributed by atoms with Gasteiger partial charge in [-0.15, -0.1) is 0 Å². The highest BCUT2D eigenvalue weighted by Gasteiger charge is 2.33. The molecule has 184 valence electrons. The van der Waals surface area contributed by atoms with E-state index < -0.39 is 29.3 Å². The summed E-state index contributed by atoms with van der Waals surface area (Å²) in [5.74, 6) is -1.92. The van der Waals surface area contributed by atoms with E-state index in [9.17, 15) is 28.3 Å². The predicted octanol–water partition coefficient (Wildman–Crippen LogP) is 6.12. The first-order valence-electron chi connectivity index (χ1n) is 11.3. The molecule has 0 spiro atoms. The first-order chi connectivity index (χ1) is 16.8. The zero-order valence-corrected chi connectivity index (χ0v) is 19.4. The van der Waals surface area contributed by atoms with Crippen LogP contribution in [0.4, 0.5) is 18.9 Å². The Labute approximate surface area is 205 Å². The largest absolute Gasteiger partial charge is 0.618 e. The third-order valence-electron chi connectivity index (χ3n) is 6.47. The summed E-state index contributed by atoms with van der Waals surface area (Å²) in [6, 6.07) is 11.5. The Bertz CT molecular complexity index is 1220. The molecule has 5 nitrogen and oxygen atoms in total. The summed E-state index contributed by atoms with van der Waals surface area (Å²) in [6.07, 6.45) is 1.46. The molecular weight excluding hydrogens is 481 g/mol. The van der Waals surface area contributed by atoms with Gasteiger partial charge in [0.1, 0.15) is 11.7 Å². The summed E-state index contributed by atoms with van der Waals surface area (Å²) < 4.78 is 42.2. The van der Waals surface area contributed by atoms with Crippen molar-refractivity contribution in [3.8, 4) is 11.1 Å². The van der Waals surface area contributed by atoms with Crippen LogP contribution < -0.4 is 10.0 Å². The maximum Gasteiger partial charge on any atom is 0.264 e. The van der Waals surface area contributed by atoms with Gasteiger partial charge in [0, 0.05) is 22.9 Å². The number of nitrogens with zero attached hydrogens (tertiary/aromatic N) is 1. The van der Waals surface area contributed by atoms with Crippen molar-refractivity contribution in [3.05, 3.63) is 87.6 Å². The highest BCUT2D eigenvalue weighted by molar-refractivity contribution is 6.31. The Morgan fingerprint density at radius 3 is 2.43 bits per heavy atom. The Morgan fingerprint density at radius 2 is 1.86 bits per heavy atom. The first-order valence-corrected chi connectivity index (χ1v) is 11.7. The van der Waals surface area contributed by atoms with Crippen molar-refractivity contribution in [2.45, 2.75) is 44.6 Å². The van der Waals surface area contributed by atoms with Gasteiger partial charge in [0.25, 0.3) is 6.43 Å². The van der Waals surface area contributed by atoms with Crippen molar-refractivity contribution < 1.29 is 27.8 Å². The summed E-state index contributed by atoms with van der Waals surface area (Å²) in [5, 5.41) is 24.7. The number of aliphatic hydroxyl groups excluding tert-OH is 1. The third-order valence-corrected chi connectivity index (χ3v) is 6.76. The summed E-state index contributed by atoms with van der Waals surface area (Å²) in [7, 11) is 0. The number of anilines is 1. The van der Waals surface area contributed by atoms with Gasteiger partial charge in [0.2, 0.25) is 11.6 Å². The number of nitrogens with one attached hydrogen (secondary N) is 1. The van der Waals surface area contributed by atoms with Gasteiger partial charge in [-0.05, 0) is 42.2 Å². The molecule has 0 aliphatic heterocycles. The number of aromatic nitrogens is 1. The van der Waals surface area contributed by atoms with Crippen LogP contribution in [0.5, 0.6) is 0 Å². The molecule has 1 aliphatic carbocycles. The van der Waals surface area contributed by atoms with Crippen LogP contribution >= 0.6 is 11.6 Å². The minimum absolute atomic E-state index is 0.0542. The fourth-order valence-electron chi connectivity index (χ4n) is 4.30. The monoisotopic (exact) mass is 504 g/mol. The van der Waals surface area contributed by atoms with Crippen LogP contribution in [0, 0.1) is 16.9 Å². The summed E-state index contributed by atoms with van der Waals surface area (Å²) in [6.45, 7) is -0.123. The van der Waals surface area contributed by atoms with Gasteiger partial charge >= 0.3 is 0 Å². The number of carbonyl (C=O) groups excluding carboxylic acids is 1. The number of benzene rings is 2. The van der Waals surface area contributed by atoms with Gasteiger partial charge in [0.05, 0.1) is 17.2 Å².